The summed E-state index contributed by atoms with van der Waals surface area (Å²) in [5.41, 5.74) is 0.210. The molecule has 4 rings (SSSR count). The molecule has 2 aliphatic heterocycles. The molecule has 2 atom stereocenters. The van der Waals surface area contributed by atoms with Gasteiger partial charge >= 0.3 is 0 Å². The van der Waals surface area contributed by atoms with Crippen LogP contribution in [0.2, 0.25) is 0 Å². The maximum atomic E-state index is 12.9. The first kappa shape index (κ1) is 16.2. The van der Waals surface area contributed by atoms with Gasteiger partial charge in [0.2, 0.25) is 0 Å². The average molecular weight is 349 g/mol. The summed E-state index contributed by atoms with van der Waals surface area (Å²) in [6.45, 7) is 10.6. The van der Waals surface area contributed by atoms with Crippen LogP contribution >= 0.6 is 0 Å². The third-order valence-electron chi connectivity index (χ3n) is 4.82. The van der Waals surface area contributed by atoms with E-state index in [-0.39, 0.29) is 11.1 Å². The molecule has 7 heteroatoms. The molecule has 1 aromatic heterocycles. The van der Waals surface area contributed by atoms with Gasteiger partial charge in [-0.25, -0.2) is 4.85 Å². The molecule has 0 saturated heterocycles. The Morgan fingerprint density at radius 2 is 1.96 bits per heavy atom. The maximum Gasteiger partial charge on any atom is 0.263 e. The number of aliphatic hydroxyl groups excluding tert-OH is 1. The second kappa shape index (κ2) is 5.38. The van der Waals surface area contributed by atoms with Crippen molar-refractivity contribution in [1.29, 1.82) is 0 Å². The predicted molar refractivity (Wildman–Crippen MR) is 90.9 cm³/mol. The van der Waals surface area contributed by atoms with Crippen LogP contribution in [0.4, 0.5) is 5.69 Å². The number of amides is 2. The van der Waals surface area contributed by atoms with E-state index in [4.69, 9.17) is 11.3 Å². The van der Waals surface area contributed by atoms with Crippen molar-refractivity contribution in [2.75, 3.05) is 0 Å². The van der Waals surface area contributed by atoms with Crippen molar-refractivity contribution >= 4 is 17.5 Å². The number of aliphatic hydroxyl groups is 1. The Hall–Kier alpha value is -3.24. The number of rotatable bonds is 1. The second-order valence-electron chi connectivity index (χ2n) is 6.83. The summed E-state index contributed by atoms with van der Waals surface area (Å²) in [6, 6.07) is 5.31. The zero-order chi connectivity index (χ0) is 18.6. The molecule has 1 aromatic carbocycles. The minimum atomic E-state index is -1.16. The number of benzene rings is 1. The molecular formula is C19H15N3O4. The highest BCUT2D eigenvalue weighted by molar-refractivity contribution is 6.21. The highest BCUT2D eigenvalue weighted by Crippen LogP contribution is 2.46. The normalized spacial score (nSPS) is 23.1. The lowest BCUT2D eigenvalue weighted by atomic mass is 9.85. The molecule has 0 fully saturated rings. The quantitative estimate of drug-likeness (QED) is 0.632. The van der Waals surface area contributed by atoms with Gasteiger partial charge < -0.3 is 9.84 Å². The molecule has 2 amide bonds. The van der Waals surface area contributed by atoms with E-state index in [1.165, 1.54) is 18.5 Å². The van der Waals surface area contributed by atoms with Crippen molar-refractivity contribution in [3.8, 4) is 5.75 Å². The van der Waals surface area contributed by atoms with Crippen molar-refractivity contribution in [3.05, 3.63) is 64.8 Å². The zero-order valence-corrected chi connectivity index (χ0v) is 14.1. The molecule has 130 valence electrons. The number of ether oxygens (including phenoxy) is 1. The molecule has 0 bridgehead atoms. The maximum absolute atomic E-state index is 12.9. The van der Waals surface area contributed by atoms with E-state index in [1.54, 1.807) is 32.0 Å². The first-order valence-corrected chi connectivity index (χ1v) is 8.05. The van der Waals surface area contributed by atoms with Crippen LogP contribution in [0.15, 0.2) is 36.7 Å². The van der Waals surface area contributed by atoms with Crippen LogP contribution in [-0.4, -0.2) is 38.5 Å². The minimum Gasteiger partial charge on any atom is -0.485 e. The van der Waals surface area contributed by atoms with Crippen LogP contribution in [-0.2, 0) is 0 Å². The van der Waals surface area contributed by atoms with Crippen LogP contribution < -0.4 is 4.74 Å². The lowest BCUT2D eigenvalue weighted by Crippen LogP contribution is -2.54. The van der Waals surface area contributed by atoms with Gasteiger partial charge in [0.1, 0.15) is 17.5 Å². The Balaban J connectivity index is 1.90. The van der Waals surface area contributed by atoms with Crippen molar-refractivity contribution in [3.63, 3.8) is 0 Å². The molecule has 2 aromatic rings. The van der Waals surface area contributed by atoms with E-state index < -0.39 is 29.6 Å². The number of imide groups is 1. The fourth-order valence-electron chi connectivity index (χ4n) is 3.46. The molecule has 0 unspecified atom stereocenters. The first-order valence-electron chi connectivity index (χ1n) is 8.05. The van der Waals surface area contributed by atoms with E-state index >= 15 is 0 Å². The average Bonchev–Trinajstić information content (AvgIpc) is 2.87. The van der Waals surface area contributed by atoms with E-state index in [0.29, 0.717) is 17.0 Å². The minimum absolute atomic E-state index is 0.205. The lowest BCUT2D eigenvalue weighted by Gasteiger charge is -2.44. The third-order valence-corrected chi connectivity index (χ3v) is 4.82. The highest BCUT2D eigenvalue weighted by Gasteiger charge is 2.51. The summed E-state index contributed by atoms with van der Waals surface area (Å²) in [7, 11) is 0. The fraction of sp³-hybridized carbons (Fsp3) is 0.263. The van der Waals surface area contributed by atoms with Gasteiger partial charge in [-0.1, -0.05) is 6.07 Å². The topological polar surface area (TPSA) is 84.1 Å². The van der Waals surface area contributed by atoms with Gasteiger partial charge in [0, 0.05) is 18.0 Å². The van der Waals surface area contributed by atoms with Gasteiger partial charge in [0.05, 0.1) is 23.7 Å². The first-order chi connectivity index (χ1) is 12.3. The molecule has 0 saturated carbocycles. The number of fused-ring (bicyclic) bond motifs is 2. The molecule has 0 aliphatic carbocycles. The number of nitrogens with zero attached hydrogens (tertiary/aromatic N) is 3. The van der Waals surface area contributed by atoms with Gasteiger partial charge in [-0.3, -0.25) is 19.5 Å². The number of hydrogen-bond acceptors (Lipinski definition) is 5. The van der Waals surface area contributed by atoms with Gasteiger partial charge in [0.25, 0.3) is 11.8 Å². The van der Waals surface area contributed by atoms with Crippen molar-refractivity contribution < 1.29 is 19.4 Å². The van der Waals surface area contributed by atoms with Gasteiger partial charge in [-0.2, -0.15) is 0 Å². The summed E-state index contributed by atoms with van der Waals surface area (Å²) >= 11 is 0. The van der Waals surface area contributed by atoms with Crippen molar-refractivity contribution in [2.45, 2.75) is 31.6 Å². The van der Waals surface area contributed by atoms with E-state index in [0.717, 1.165) is 4.90 Å². The Morgan fingerprint density at radius 1 is 1.23 bits per heavy atom. The van der Waals surface area contributed by atoms with E-state index in [9.17, 15) is 14.7 Å². The molecular weight excluding hydrogens is 334 g/mol. The molecule has 0 spiro atoms. The summed E-state index contributed by atoms with van der Waals surface area (Å²) in [4.78, 5) is 34.1. The Labute approximate surface area is 149 Å². The molecule has 26 heavy (non-hydrogen) atoms. The summed E-state index contributed by atoms with van der Waals surface area (Å²) in [5, 5.41) is 10.9. The third kappa shape index (κ3) is 2.13. The molecule has 2 aliphatic rings. The smallest absolute Gasteiger partial charge is 0.263 e. The summed E-state index contributed by atoms with van der Waals surface area (Å²) in [5.74, 6) is -0.570. The Kier molecular flexibility index (Phi) is 3.36. The van der Waals surface area contributed by atoms with E-state index in [2.05, 4.69) is 9.83 Å². The SMILES string of the molecule is [C-]#[N+]c1ccc2c(c1)[C@@H](N1C(=O)c3ccncc3C1=O)[C@H](O)C(C)(C)O2. The molecule has 1 N–H and O–H groups in total. The Bertz CT molecular complexity index is 958. The fourth-order valence-corrected chi connectivity index (χ4v) is 3.46. The van der Waals surface area contributed by atoms with Crippen LogP contribution in [0.5, 0.6) is 5.75 Å². The number of pyridine rings is 1. The standard InChI is InChI=1S/C19H15N3O4/c1-19(2)16(23)15(12-8-10(20-3)4-5-14(12)26-19)22-17(24)11-6-7-21-9-13(11)18(22)25/h4-9,15-16,23H,1-2H3/t15-,16+/m1/s1. The zero-order valence-electron chi connectivity index (χ0n) is 14.1. The van der Waals surface area contributed by atoms with Crippen molar-refractivity contribution in [2.24, 2.45) is 0 Å². The van der Waals surface area contributed by atoms with Crippen LogP contribution in [0.3, 0.4) is 0 Å². The summed E-state index contributed by atoms with van der Waals surface area (Å²) in [6.07, 6.45) is 1.64. The number of carbonyl (C=O) groups excluding carboxylic acids is 2. The monoisotopic (exact) mass is 349 g/mol. The molecule has 7 nitrogen and oxygen atoms in total. The molecule has 0 radical (unpaired) electrons. The van der Waals surface area contributed by atoms with Gasteiger partial charge in [0.15, 0.2) is 5.69 Å². The molecule has 3 heterocycles. The van der Waals surface area contributed by atoms with Crippen molar-refractivity contribution in [1.82, 2.24) is 9.88 Å². The second-order valence-corrected chi connectivity index (χ2v) is 6.83. The predicted octanol–water partition coefficient (Wildman–Crippen LogP) is 2.50. The van der Waals surface area contributed by atoms with Crippen LogP contribution in [0, 0.1) is 6.57 Å². The highest BCUT2D eigenvalue weighted by atomic mass is 16.5. The van der Waals surface area contributed by atoms with E-state index in [1.807, 2.05) is 0 Å². The summed E-state index contributed by atoms with van der Waals surface area (Å²) < 4.78 is 5.85. The van der Waals surface area contributed by atoms with Crippen LogP contribution in [0.25, 0.3) is 4.85 Å². The number of carbonyl (C=O) groups is 2. The van der Waals surface area contributed by atoms with Gasteiger partial charge in [-0.15, -0.1) is 0 Å². The van der Waals surface area contributed by atoms with Gasteiger partial charge in [-0.05, 0) is 32.0 Å². The number of hydrogen-bond donors (Lipinski definition) is 1. The number of aromatic nitrogens is 1. The lowest BCUT2D eigenvalue weighted by molar-refractivity contribution is -0.0805. The largest absolute Gasteiger partial charge is 0.485 e. The van der Waals surface area contributed by atoms with Crippen LogP contribution in [0.1, 0.15) is 46.2 Å². The Morgan fingerprint density at radius 3 is 2.65 bits per heavy atom.